The Kier molecular flexibility index (Phi) is 6.05. The third kappa shape index (κ3) is 3.95. The Morgan fingerprint density at radius 1 is 1.17 bits per heavy atom. The van der Waals surface area contributed by atoms with Crippen LogP contribution in [0.2, 0.25) is 0 Å². The van der Waals surface area contributed by atoms with Crippen molar-refractivity contribution in [2.75, 3.05) is 11.4 Å². The summed E-state index contributed by atoms with van der Waals surface area (Å²) in [7, 11) is 0. The van der Waals surface area contributed by atoms with Gasteiger partial charge in [-0.1, -0.05) is 27.7 Å². The minimum absolute atomic E-state index is 0.0531. The molecule has 0 radical (unpaired) electrons. The molecule has 0 unspecified atom stereocenters. The van der Waals surface area contributed by atoms with Crippen molar-refractivity contribution in [3.05, 3.63) is 17.8 Å². The van der Waals surface area contributed by atoms with Crippen molar-refractivity contribution >= 4 is 5.82 Å². The summed E-state index contributed by atoms with van der Waals surface area (Å²) in [4.78, 5) is 2.33. The van der Waals surface area contributed by atoms with E-state index in [1.807, 2.05) is 12.1 Å². The minimum Gasteiger partial charge on any atom is -0.390 e. The van der Waals surface area contributed by atoms with Gasteiger partial charge in [-0.05, 0) is 30.9 Å². The molecule has 0 saturated carbocycles. The average Bonchev–Trinajstić information content (AvgIpc) is 2.38. The predicted molar refractivity (Wildman–Crippen MR) is 74.5 cm³/mol. The quantitative estimate of drug-likeness (QED) is 0.809. The van der Waals surface area contributed by atoms with Gasteiger partial charge in [-0.15, -0.1) is 5.10 Å². The summed E-state index contributed by atoms with van der Waals surface area (Å²) in [5.41, 5.74) is 0.618. The lowest BCUT2D eigenvalue weighted by Gasteiger charge is -2.32. The molecule has 0 aliphatic rings. The van der Waals surface area contributed by atoms with Gasteiger partial charge in [-0.25, -0.2) is 0 Å². The van der Waals surface area contributed by atoms with E-state index in [2.05, 4.69) is 42.8 Å². The van der Waals surface area contributed by atoms with E-state index in [0.717, 1.165) is 25.2 Å². The van der Waals surface area contributed by atoms with Gasteiger partial charge in [0.15, 0.2) is 5.82 Å². The van der Waals surface area contributed by atoms with Crippen LogP contribution in [0.1, 0.15) is 46.2 Å². The number of nitrogens with zero attached hydrogens (tertiary/aromatic N) is 3. The first kappa shape index (κ1) is 14.9. The Bertz CT molecular complexity index is 333. The molecule has 0 fully saturated rings. The molecule has 4 heteroatoms. The molecule has 1 N–H and O–H groups in total. The van der Waals surface area contributed by atoms with Crippen LogP contribution in [0.15, 0.2) is 12.1 Å². The summed E-state index contributed by atoms with van der Waals surface area (Å²) in [6.07, 6.45) is 2.21. The number of hydrogen-bond acceptors (Lipinski definition) is 4. The lowest BCUT2D eigenvalue weighted by molar-refractivity contribution is 0.275. The molecule has 0 bridgehead atoms. The fraction of sp³-hybridized carbons (Fsp3) is 0.714. The predicted octanol–water partition coefficient (Wildman–Crippen LogP) is 2.62. The van der Waals surface area contributed by atoms with Crippen molar-refractivity contribution in [1.29, 1.82) is 0 Å². The number of aromatic nitrogens is 2. The Balaban J connectivity index is 2.92. The first-order valence-corrected chi connectivity index (χ1v) is 6.82. The van der Waals surface area contributed by atoms with Crippen LogP contribution in [0.4, 0.5) is 5.82 Å². The summed E-state index contributed by atoms with van der Waals surface area (Å²) in [6, 6.07) is 4.30. The standard InChI is InChI=1S/C14H25N3O/c1-5-13(6-2)17(9-11(3)4)14-8-7-12(10-18)15-16-14/h7-8,11,13,18H,5-6,9-10H2,1-4H3. The van der Waals surface area contributed by atoms with Crippen LogP contribution in [0.5, 0.6) is 0 Å². The molecule has 4 nitrogen and oxygen atoms in total. The number of rotatable bonds is 7. The normalized spacial score (nSPS) is 11.3. The highest BCUT2D eigenvalue weighted by Gasteiger charge is 2.18. The Hall–Kier alpha value is -1.16. The Morgan fingerprint density at radius 2 is 1.83 bits per heavy atom. The van der Waals surface area contributed by atoms with Gasteiger partial charge in [-0.2, -0.15) is 5.10 Å². The molecule has 0 amide bonds. The molecular weight excluding hydrogens is 226 g/mol. The molecule has 1 aromatic heterocycles. The van der Waals surface area contributed by atoms with Crippen molar-refractivity contribution in [3.63, 3.8) is 0 Å². The lowest BCUT2D eigenvalue weighted by atomic mass is 10.1. The summed E-state index contributed by atoms with van der Waals surface area (Å²) in [5.74, 6) is 1.50. The van der Waals surface area contributed by atoms with Gasteiger partial charge in [0.25, 0.3) is 0 Å². The molecule has 0 atom stereocenters. The van der Waals surface area contributed by atoms with E-state index in [-0.39, 0.29) is 6.61 Å². The highest BCUT2D eigenvalue weighted by atomic mass is 16.3. The summed E-state index contributed by atoms with van der Waals surface area (Å²) < 4.78 is 0. The van der Waals surface area contributed by atoms with E-state index in [0.29, 0.717) is 17.7 Å². The topological polar surface area (TPSA) is 49.2 Å². The summed E-state index contributed by atoms with van der Waals surface area (Å²) in [6.45, 7) is 9.77. The molecule has 1 aromatic rings. The summed E-state index contributed by atoms with van der Waals surface area (Å²) >= 11 is 0. The smallest absolute Gasteiger partial charge is 0.151 e. The third-order valence-corrected chi connectivity index (χ3v) is 3.11. The molecule has 0 saturated heterocycles. The largest absolute Gasteiger partial charge is 0.390 e. The summed E-state index contributed by atoms with van der Waals surface area (Å²) in [5, 5.41) is 17.3. The first-order chi connectivity index (χ1) is 8.62. The first-order valence-electron chi connectivity index (χ1n) is 6.82. The number of aliphatic hydroxyl groups excluding tert-OH is 1. The number of anilines is 1. The average molecular weight is 251 g/mol. The van der Waals surface area contributed by atoms with Crippen molar-refractivity contribution in [2.24, 2.45) is 5.92 Å². The number of hydrogen-bond donors (Lipinski definition) is 1. The molecular formula is C14H25N3O. The maximum absolute atomic E-state index is 9.00. The maximum Gasteiger partial charge on any atom is 0.151 e. The second-order valence-corrected chi connectivity index (χ2v) is 5.06. The van der Waals surface area contributed by atoms with Gasteiger partial charge in [0.2, 0.25) is 0 Å². The van der Waals surface area contributed by atoms with E-state index in [9.17, 15) is 0 Å². The van der Waals surface area contributed by atoms with Crippen LogP contribution in [-0.2, 0) is 6.61 Å². The molecule has 18 heavy (non-hydrogen) atoms. The van der Waals surface area contributed by atoms with Crippen molar-refractivity contribution in [1.82, 2.24) is 10.2 Å². The van der Waals surface area contributed by atoms with Gasteiger partial charge >= 0.3 is 0 Å². The van der Waals surface area contributed by atoms with E-state index >= 15 is 0 Å². The highest BCUT2D eigenvalue weighted by molar-refractivity contribution is 5.38. The molecule has 0 aliphatic heterocycles. The van der Waals surface area contributed by atoms with Crippen molar-refractivity contribution in [3.8, 4) is 0 Å². The molecule has 1 heterocycles. The second-order valence-electron chi connectivity index (χ2n) is 5.06. The Labute approximate surface area is 110 Å². The van der Waals surface area contributed by atoms with Crippen LogP contribution in [-0.4, -0.2) is 27.9 Å². The van der Waals surface area contributed by atoms with Gasteiger partial charge in [-0.3, -0.25) is 0 Å². The van der Waals surface area contributed by atoms with Crippen LogP contribution in [0.3, 0.4) is 0 Å². The third-order valence-electron chi connectivity index (χ3n) is 3.11. The van der Waals surface area contributed by atoms with Gasteiger partial charge < -0.3 is 10.0 Å². The fourth-order valence-electron chi connectivity index (χ4n) is 2.14. The fourth-order valence-corrected chi connectivity index (χ4v) is 2.14. The minimum atomic E-state index is -0.0531. The zero-order valence-electron chi connectivity index (χ0n) is 11.9. The molecule has 102 valence electrons. The number of aliphatic hydroxyl groups is 1. The van der Waals surface area contributed by atoms with E-state index < -0.39 is 0 Å². The van der Waals surface area contributed by atoms with E-state index in [4.69, 9.17) is 5.11 Å². The van der Waals surface area contributed by atoms with Gasteiger partial charge in [0, 0.05) is 12.6 Å². The van der Waals surface area contributed by atoms with Crippen LogP contribution < -0.4 is 4.90 Å². The maximum atomic E-state index is 9.00. The van der Waals surface area contributed by atoms with Crippen molar-refractivity contribution < 1.29 is 5.11 Å². The highest BCUT2D eigenvalue weighted by Crippen LogP contribution is 2.19. The van der Waals surface area contributed by atoms with Gasteiger partial charge in [0.05, 0.1) is 12.3 Å². The SMILES string of the molecule is CCC(CC)N(CC(C)C)c1ccc(CO)nn1. The Morgan fingerprint density at radius 3 is 2.22 bits per heavy atom. The monoisotopic (exact) mass is 251 g/mol. The zero-order chi connectivity index (χ0) is 13.5. The molecule has 0 aromatic carbocycles. The molecule has 0 aliphatic carbocycles. The van der Waals surface area contributed by atoms with Gasteiger partial charge in [0.1, 0.15) is 0 Å². The van der Waals surface area contributed by atoms with Crippen LogP contribution >= 0.6 is 0 Å². The van der Waals surface area contributed by atoms with Crippen LogP contribution in [0, 0.1) is 5.92 Å². The lowest BCUT2D eigenvalue weighted by Crippen LogP contribution is -2.38. The van der Waals surface area contributed by atoms with Crippen molar-refractivity contribution in [2.45, 2.75) is 53.2 Å². The molecule has 0 spiro atoms. The van der Waals surface area contributed by atoms with Crippen LogP contribution in [0.25, 0.3) is 0 Å². The second kappa shape index (κ2) is 7.31. The zero-order valence-corrected chi connectivity index (χ0v) is 11.9. The van der Waals surface area contributed by atoms with E-state index in [1.165, 1.54) is 0 Å². The molecule has 1 rings (SSSR count). The van der Waals surface area contributed by atoms with E-state index in [1.54, 1.807) is 0 Å².